The van der Waals surface area contributed by atoms with E-state index < -0.39 is 23.8 Å². The second-order valence-corrected chi connectivity index (χ2v) is 16.8. The molecule has 340 valence electrons. The minimum Gasteiger partial charge on any atom is -0.459 e. The lowest BCUT2D eigenvalue weighted by atomic mass is 9.55. The molecular weight excluding hydrogens is 809 g/mol. The molecule has 64 heavy (non-hydrogen) atoms. The number of allylic oxidation sites excluding steroid dienone is 1. The van der Waals surface area contributed by atoms with Gasteiger partial charge in [-0.05, 0) is 96.5 Å². The van der Waals surface area contributed by atoms with Crippen LogP contribution in [0.15, 0.2) is 133 Å². The molecule has 2 N–H and O–H groups in total. The summed E-state index contributed by atoms with van der Waals surface area (Å²) in [5.74, 6) is 0.181. The quantitative estimate of drug-likeness (QED) is 0.0425. The summed E-state index contributed by atoms with van der Waals surface area (Å²) in [5.41, 5.74) is 5.93. The number of benzene rings is 4. The van der Waals surface area contributed by atoms with E-state index >= 15 is 0 Å². The summed E-state index contributed by atoms with van der Waals surface area (Å²) in [6.07, 6.45) is 9.18. The van der Waals surface area contributed by atoms with Crippen LogP contribution in [-0.2, 0) is 25.7 Å². The predicted octanol–water partition coefficient (Wildman–Crippen LogP) is 10.5. The standard InChI is InChI=1S/C53H64N2O9/c1-4-28-55(52(58)61-33-32-60-37-38-16-8-6-9-17-38)49-36-47(54-59-3)45-34-41(20-12-14-29-56)44(21-13-15-30-57)50-46-35-43(26-27-48(46)64-53(49,51(45)50)62-31-5-2)63-42-24-22-40(23-25-42)39-18-10-7-11-19-39/h5-11,16-19,22-27,34-35,41,44,49-51,56-57H,2,4,12-15,20-21,28-33,36-37H2,1,3H3/t41-,44+,49-,50+,51+,53+/m0/s1. The lowest BCUT2D eigenvalue weighted by molar-refractivity contribution is -0.255. The first-order valence-electron chi connectivity index (χ1n) is 22.9. The number of hydrogen-bond acceptors (Lipinski definition) is 10. The van der Waals surface area contributed by atoms with Crippen LogP contribution in [0.4, 0.5) is 4.79 Å². The van der Waals surface area contributed by atoms with Crippen LogP contribution >= 0.6 is 0 Å². The molecule has 1 amide bonds. The van der Waals surface area contributed by atoms with E-state index in [1.165, 1.54) is 0 Å². The number of oxime groups is 1. The number of carbonyl (C=O) groups is 1. The van der Waals surface area contributed by atoms with Crippen LogP contribution in [0, 0.1) is 17.8 Å². The number of fused-ring (bicyclic) bond motifs is 2. The van der Waals surface area contributed by atoms with Gasteiger partial charge in [0.2, 0.25) is 5.79 Å². The molecule has 1 heterocycles. The van der Waals surface area contributed by atoms with Crippen LogP contribution in [0.1, 0.15) is 75.3 Å². The van der Waals surface area contributed by atoms with Gasteiger partial charge in [-0.2, -0.15) is 0 Å². The molecule has 0 bridgehead atoms. The Morgan fingerprint density at radius 1 is 0.891 bits per heavy atom. The molecule has 11 heteroatoms. The Labute approximate surface area is 378 Å². The van der Waals surface area contributed by atoms with E-state index in [-0.39, 0.29) is 57.2 Å². The fraction of sp³-hybridized carbons (Fsp3) is 0.434. The number of unbranched alkanes of at least 4 members (excludes halogenated alkanes) is 2. The Hall–Kier alpha value is -5.46. The SMILES string of the molecule is C=CCO[C@@]12Oc3ccc(Oc4ccc(-c5ccccc5)cc4)cc3[C@H]3[C@H](CCCCO)[C@@H](CCCCO)C=C(C(=NOC)C[C@@H]1N(CCC)C(=O)OCCOCc1ccccc1)[C@H]32. The van der Waals surface area contributed by atoms with E-state index in [9.17, 15) is 15.0 Å². The monoisotopic (exact) mass is 872 g/mol. The first kappa shape index (κ1) is 46.5. The molecule has 0 unspecified atom stereocenters. The average molecular weight is 873 g/mol. The minimum absolute atomic E-state index is 0.0687. The van der Waals surface area contributed by atoms with Crippen molar-refractivity contribution in [1.82, 2.24) is 4.90 Å². The smallest absolute Gasteiger partial charge is 0.410 e. The van der Waals surface area contributed by atoms with Gasteiger partial charge in [-0.15, -0.1) is 6.58 Å². The van der Waals surface area contributed by atoms with Crippen molar-refractivity contribution in [3.05, 3.63) is 139 Å². The van der Waals surface area contributed by atoms with E-state index in [0.717, 1.165) is 59.2 Å². The lowest BCUT2D eigenvalue weighted by Crippen LogP contribution is -2.70. The van der Waals surface area contributed by atoms with E-state index in [1.54, 1.807) is 18.1 Å². The van der Waals surface area contributed by atoms with Crippen LogP contribution in [0.2, 0.25) is 0 Å². The average Bonchev–Trinajstić information content (AvgIpc) is 3.32. The fourth-order valence-electron chi connectivity index (χ4n) is 9.95. The van der Waals surface area contributed by atoms with Crippen LogP contribution in [-0.4, -0.2) is 85.4 Å². The number of amides is 1. The minimum atomic E-state index is -1.39. The van der Waals surface area contributed by atoms with Gasteiger partial charge in [0.05, 0.1) is 31.5 Å². The summed E-state index contributed by atoms with van der Waals surface area (Å²) in [4.78, 5) is 21.8. The maximum atomic E-state index is 14.4. The molecule has 4 aromatic carbocycles. The maximum Gasteiger partial charge on any atom is 0.410 e. The Morgan fingerprint density at radius 3 is 2.30 bits per heavy atom. The Balaban J connectivity index is 1.30. The molecule has 1 fully saturated rings. The number of rotatable bonds is 23. The second-order valence-electron chi connectivity index (χ2n) is 16.8. The summed E-state index contributed by atoms with van der Waals surface area (Å²) in [6, 6.07) is 33.5. The highest BCUT2D eigenvalue weighted by Crippen LogP contribution is 2.62. The Bertz CT molecular complexity index is 2160. The highest BCUT2D eigenvalue weighted by atomic mass is 16.7. The number of nitrogens with zero attached hydrogens (tertiary/aromatic N) is 2. The molecule has 1 aliphatic heterocycles. The highest BCUT2D eigenvalue weighted by molar-refractivity contribution is 6.03. The lowest BCUT2D eigenvalue weighted by Gasteiger charge is -2.59. The molecule has 3 aliphatic rings. The van der Waals surface area contributed by atoms with Crippen LogP contribution in [0.25, 0.3) is 11.1 Å². The van der Waals surface area contributed by atoms with Crippen molar-refractivity contribution in [2.75, 3.05) is 46.7 Å². The Morgan fingerprint density at radius 2 is 1.59 bits per heavy atom. The van der Waals surface area contributed by atoms with E-state index in [2.05, 4.69) is 48.1 Å². The van der Waals surface area contributed by atoms with Gasteiger partial charge in [0.25, 0.3) is 0 Å². The zero-order valence-corrected chi connectivity index (χ0v) is 37.3. The normalized spacial score (nSPS) is 22.7. The maximum absolute atomic E-state index is 14.4. The van der Waals surface area contributed by atoms with Gasteiger partial charge in [0.1, 0.15) is 37.0 Å². The molecule has 0 aromatic heterocycles. The van der Waals surface area contributed by atoms with Gasteiger partial charge in [-0.3, -0.25) is 4.90 Å². The van der Waals surface area contributed by atoms with Crippen molar-refractivity contribution in [3.63, 3.8) is 0 Å². The van der Waals surface area contributed by atoms with Crippen LogP contribution in [0.3, 0.4) is 0 Å². The van der Waals surface area contributed by atoms with E-state index in [0.29, 0.717) is 49.7 Å². The number of aliphatic hydroxyl groups is 2. The highest BCUT2D eigenvalue weighted by Gasteiger charge is 2.65. The molecule has 0 radical (unpaired) electrons. The summed E-state index contributed by atoms with van der Waals surface area (Å²) in [5, 5.41) is 24.5. The van der Waals surface area contributed by atoms with Gasteiger partial charge < -0.3 is 38.7 Å². The first-order chi connectivity index (χ1) is 31.4. The van der Waals surface area contributed by atoms with Crippen LogP contribution < -0.4 is 9.47 Å². The number of aliphatic hydroxyl groups excluding tert-OH is 2. The molecule has 0 saturated heterocycles. The summed E-state index contributed by atoms with van der Waals surface area (Å²) in [7, 11) is 1.55. The van der Waals surface area contributed by atoms with Gasteiger partial charge in [-0.1, -0.05) is 110 Å². The number of ether oxygens (including phenoxy) is 5. The van der Waals surface area contributed by atoms with Crippen molar-refractivity contribution in [1.29, 1.82) is 0 Å². The zero-order chi connectivity index (χ0) is 44.7. The van der Waals surface area contributed by atoms with Crippen LogP contribution in [0.5, 0.6) is 17.2 Å². The third-order valence-electron chi connectivity index (χ3n) is 12.7. The fourth-order valence-corrected chi connectivity index (χ4v) is 9.95. The van der Waals surface area contributed by atoms with Crippen molar-refractivity contribution < 1.29 is 43.5 Å². The van der Waals surface area contributed by atoms with Gasteiger partial charge in [0, 0.05) is 37.7 Å². The molecule has 6 atom stereocenters. The van der Waals surface area contributed by atoms with E-state index in [1.807, 2.05) is 79.7 Å². The van der Waals surface area contributed by atoms with Crippen molar-refractivity contribution >= 4 is 11.8 Å². The molecule has 7 rings (SSSR count). The number of hydrogen-bond donors (Lipinski definition) is 2. The molecular formula is C53H64N2O9. The van der Waals surface area contributed by atoms with Crippen molar-refractivity contribution in [3.8, 4) is 28.4 Å². The third-order valence-corrected chi connectivity index (χ3v) is 12.7. The molecule has 2 aliphatic carbocycles. The largest absolute Gasteiger partial charge is 0.459 e. The van der Waals surface area contributed by atoms with E-state index in [4.69, 9.17) is 28.5 Å². The zero-order valence-electron chi connectivity index (χ0n) is 37.3. The molecule has 0 spiro atoms. The number of carbonyl (C=O) groups excluding carboxylic acids is 1. The van der Waals surface area contributed by atoms with Gasteiger partial charge in [-0.25, -0.2) is 4.79 Å². The van der Waals surface area contributed by atoms with Crippen molar-refractivity contribution in [2.45, 2.75) is 82.6 Å². The topological polar surface area (TPSA) is 129 Å². The Kier molecular flexibility index (Phi) is 16.7. The summed E-state index contributed by atoms with van der Waals surface area (Å²) >= 11 is 0. The summed E-state index contributed by atoms with van der Waals surface area (Å²) in [6.45, 7) is 7.54. The second kappa shape index (κ2) is 22.9. The molecule has 11 nitrogen and oxygen atoms in total. The first-order valence-corrected chi connectivity index (χ1v) is 22.9. The summed E-state index contributed by atoms with van der Waals surface area (Å²) < 4.78 is 32.9. The van der Waals surface area contributed by atoms with Crippen molar-refractivity contribution in [2.24, 2.45) is 22.9 Å². The molecule has 4 aromatic rings. The van der Waals surface area contributed by atoms with Gasteiger partial charge >= 0.3 is 6.09 Å². The van der Waals surface area contributed by atoms with Gasteiger partial charge in [0.15, 0.2) is 0 Å². The molecule has 1 saturated carbocycles. The predicted molar refractivity (Wildman–Crippen MR) is 248 cm³/mol. The third kappa shape index (κ3) is 10.7.